The third kappa shape index (κ3) is 4.76. The molecule has 0 aliphatic heterocycles. The average molecular weight is 288 g/mol. The topological polar surface area (TPSA) is 45.2 Å². The van der Waals surface area contributed by atoms with E-state index in [2.05, 4.69) is 29.0 Å². The minimum absolute atomic E-state index is 0.00850. The highest BCUT2D eigenvalue weighted by atomic mass is 35.5. The third-order valence-electron chi connectivity index (χ3n) is 3.14. The number of carbonyl (C=O) groups is 1. The van der Waals surface area contributed by atoms with Crippen LogP contribution in [0.5, 0.6) is 0 Å². The normalized spacial score (nSPS) is 12.5. The number of amides is 1. The monoisotopic (exact) mass is 287 g/mol. The van der Waals surface area contributed by atoms with E-state index < -0.39 is 11.7 Å². The first kappa shape index (κ1) is 15.9. The molecule has 1 N–H and O–H groups in total. The maximum absolute atomic E-state index is 13.0. The molecule has 1 aromatic heterocycles. The number of pyridine rings is 1. The third-order valence-corrected chi connectivity index (χ3v) is 3.44. The number of carbonyl (C=O) groups excluding carboxylic acids is 1. The molecule has 0 saturated heterocycles. The molecule has 0 bridgehead atoms. The van der Waals surface area contributed by atoms with E-state index >= 15 is 0 Å². The lowest BCUT2D eigenvalue weighted by molar-refractivity contribution is 0.0946. The van der Waals surface area contributed by atoms with Crippen LogP contribution < -0.4 is 5.32 Å². The molecule has 1 atom stereocenters. The zero-order valence-electron chi connectivity index (χ0n) is 11.4. The Bertz CT molecular complexity index is 442. The summed E-state index contributed by atoms with van der Waals surface area (Å²) in [7, 11) is 2.00. The molecule has 19 heavy (non-hydrogen) atoms. The van der Waals surface area contributed by atoms with E-state index in [4.69, 9.17) is 11.6 Å². The van der Waals surface area contributed by atoms with E-state index in [9.17, 15) is 9.18 Å². The molecule has 0 aliphatic rings. The molecular weight excluding hydrogens is 269 g/mol. The van der Waals surface area contributed by atoms with E-state index in [-0.39, 0.29) is 10.7 Å². The number of nitrogens with one attached hydrogen (secondary N) is 1. The molecule has 4 nitrogen and oxygen atoms in total. The van der Waals surface area contributed by atoms with Crippen LogP contribution in [0, 0.1) is 5.82 Å². The minimum Gasteiger partial charge on any atom is -0.351 e. The lowest BCUT2D eigenvalue weighted by Crippen LogP contribution is -2.37. The summed E-state index contributed by atoms with van der Waals surface area (Å²) in [5, 5.41) is 2.71. The maximum atomic E-state index is 13.0. The maximum Gasteiger partial charge on any atom is 0.254 e. The molecule has 1 aromatic rings. The number of rotatable bonds is 6. The van der Waals surface area contributed by atoms with Crippen LogP contribution >= 0.6 is 11.6 Å². The van der Waals surface area contributed by atoms with Crippen molar-refractivity contribution in [3.05, 3.63) is 28.8 Å². The van der Waals surface area contributed by atoms with Gasteiger partial charge in [0.05, 0.1) is 11.8 Å². The van der Waals surface area contributed by atoms with E-state index in [0.717, 1.165) is 25.2 Å². The van der Waals surface area contributed by atoms with Crippen molar-refractivity contribution in [3.63, 3.8) is 0 Å². The molecule has 6 heteroatoms. The molecule has 106 valence electrons. The highest BCUT2D eigenvalue weighted by molar-refractivity contribution is 6.32. The van der Waals surface area contributed by atoms with E-state index in [1.165, 1.54) is 0 Å². The van der Waals surface area contributed by atoms with Crippen molar-refractivity contribution < 1.29 is 9.18 Å². The molecule has 0 saturated carbocycles. The predicted molar refractivity (Wildman–Crippen MR) is 73.9 cm³/mol. The van der Waals surface area contributed by atoms with Crippen LogP contribution in [0.15, 0.2) is 12.3 Å². The van der Waals surface area contributed by atoms with E-state index in [0.29, 0.717) is 12.6 Å². The SMILES string of the molecule is CCC(C)N(C)CCNC(=O)c1cc(F)cnc1Cl. The zero-order chi connectivity index (χ0) is 14.4. The molecule has 0 radical (unpaired) electrons. The molecular formula is C13H19ClFN3O. The highest BCUT2D eigenvalue weighted by Crippen LogP contribution is 2.13. The van der Waals surface area contributed by atoms with Crippen molar-refractivity contribution in [1.82, 2.24) is 15.2 Å². The fourth-order valence-corrected chi connectivity index (χ4v) is 1.74. The van der Waals surface area contributed by atoms with Crippen LogP contribution in [-0.2, 0) is 0 Å². The number of aromatic nitrogens is 1. The van der Waals surface area contributed by atoms with Crippen LogP contribution in [-0.4, -0.2) is 42.0 Å². The van der Waals surface area contributed by atoms with Gasteiger partial charge in [0.2, 0.25) is 0 Å². The standard InChI is InChI=1S/C13H19ClFN3O/c1-4-9(2)18(3)6-5-16-13(19)11-7-10(15)8-17-12(11)14/h7-9H,4-6H2,1-3H3,(H,16,19). The van der Waals surface area contributed by atoms with Crippen LogP contribution in [0.2, 0.25) is 5.15 Å². The molecule has 0 aliphatic carbocycles. The molecule has 1 heterocycles. The number of nitrogens with zero attached hydrogens (tertiary/aromatic N) is 2. The molecule has 1 amide bonds. The van der Waals surface area contributed by atoms with Gasteiger partial charge in [0, 0.05) is 19.1 Å². The predicted octanol–water partition coefficient (Wildman–Crippen LogP) is 2.33. The first-order chi connectivity index (χ1) is 8.95. The second-order valence-electron chi connectivity index (χ2n) is 4.49. The van der Waals surface area contributed by atoms with Gasteiger partial charge in [0.15, 0.2) is 0 Å². The number of hydrogen-bond acceptors (Lipinski definition) is 3. The van der Waals surface area contributed by atoms with Gasteiger partial charge >= 0.3 is 0 Å². The molecule has 0 fully saturated rings. The summed E-state index contributed by atoms with van der Waals surface area (Å²) < 4.78 is 13.0. The first-order valence-corrected chi connectivity index (χ1v) is 6.63. The quantitative estimate of drug-likeness (QED) is 0.817. The zero-order valence-corrected chi connectivity index (χ0v) is 12.2. The minimum atomic E-state index is -0.578. The summed E-state index contributed by atoms with van der Waals surface area (Å²) in [6.07, 6.45) is 2.03. The van der Waals surface area contributed by atoms with Crippen LogP contribution in [0.3, 0.4) is 0 Å². The van der Waals surface area contributed by atoms with Gasteiger partial charge in [-0.2, -0.15) is 0 Å². The largest absolute Gasteiger partial charge is 0.351 e. The Labute approximate surface area is 118 Å². The average Bonchev–Trinajstić information content (AvgIpc) is 2.40. The summed E-state index contributed by atoms with van der Waals surface area (Å²) in [5.41, 5.74) is 0.0628. The molecule has 0 aromatic carbocycles. The van der Waals surface area contributed by atoms with Gasteiger partial charge in [-0.05, 0) is 26.5 Å². The number of likely N-dealkylation sites (N-methyl/N-ethyl adjacent to an activating group) is 1. The van der Waals surface area contributed by atoms with Crippen molar-refractivity contribution in [2.75, 3.05) is 20.1 Å². The van der Waals surface area contributed by atoms with Crippen LogP contribution in [0.4, 0.5) is 4.39 Å². The summed E-state index contributed by atoms with van der Waals surface area (Å²) >= 11 is 5.76. The first-order valence-electron chi connectivity index (χ1n) is 6.25. The van der Waals surface area contributed by atoms with Gasteiger partial charge in [-0.1, -0.05) is 18.5 Å². The van der Waals surface area contributed by atoms with Crippen molar-refractivity contribution in [2.45, 2.75) is 26.3 Å². The Kier molecular flexibility index (Phi) is 6.18. The number of hydrogen-bond donors (Lipinski definition) is 1. The van der Waals surface area contributed by atoms with Gasteiger partial charge in [-0.15, -0.1) is 0 Å². The van der Waals surface area contributed by atoms with Gasteiger partial charge in [-0.3, -0.25) is 4.79 Å². The van der Waals surface area contributed by atoms with Crippen molar-refractivity contribution in [1.29, 1.82) is 0 Å². The summed E-state index contributed by atoms with van der Waals surface area (Å²) in [4.78, 5) is 17.6. The molecule has 0 spiro atoms. The lowest BCUT2D eigenvalue weighted by Gasteiger charge is -2.23. The summed E-state index contributed by atoms with van der Waals surface area (Å²) in [6.45, 7) is 5.43. The van der Waals surface area contributed by atoms with Gasteiger partial charge in [-0.25, -0.2) is 9.37 Å². The van der Waals surface area contributed by atoms with Gasteiger partial charge in [0.1, 0.15) is 11.0 Å². The Morgan fingerprint density at radius 2 is 2.32 bits per heavy atom. The number of halogens is 2. The molecule has 1 rings (SSSR count). The van der Waals surface area contributed by atoms with Crippen LogP contribution in [0.1, 0.15) is 30.6 Å². The van der Waals surface area contributed by atoms with Crippen molar-refractivity contribution in [3.8, 4) is 0 Å². The Morgan fingerprint density at radius 3 is 2.95 bits per heavy atom. The fourth-order valence-electron chi connectivity index (χ4n) is 1.55. The van der Waals surface area contributed by atoms with Crippen molar-refractivity contribution >= 4 is 17.5 Å². The van der Waals surface area contributed by atoms with Gasteiger partial charge in [0.25, 0.3) is 5.91 Å². The van der Waals surface area contributed by atoms with E-state index in [1.807, 2.05) is 7.05 Å². The second kappa shape index (κ2) is 7.40. The van der Waals surface area contributed by atoms with E-state index in [1.54, 1.807) is 0 Å². The Hall–Kier alpha value is -1.20. The van der Waals surface area contributed by atoms with Gasteiger partial charge < -0.3 is 10.2 Å². The summed E-state index contributed by atoms with van der Waals surface area (Å²) in [6, 6.07) is 1.54. The smallest absolute Gasteiger partial charge is 0.254 e. The summed E-state index contributed by atoms with van der Waals surface area (Å²) in [5.74, 6) is -0.985. The Balaban J connectivity index is 2.50. The lowest BCUT2D eigenvalue weighted by atomic mass is 10.2. The van der Waals surface area contributed by atoms with Crippen LogP contribution in [0.25, 0.3) is 0 Å². The van der Waals surface area contributed by atoms with Crippen molar-refractivity contribution in [2.24, 2.45) is 0 Å². The highest BCUT2D eigenvalue weighted by Gasteiger charge is 2.13. The second-order valence-corrected chi connectivity index (χ2v) is 4.84. The fraction of sp³-hybridized carbons (Fsp3) is 0.538. The Morgan fingerprint density at radius 1 is 1.63 bits per heavy atom. The molecule has 1 unspecified atom stereocenters.